The highest BCUT2D eigenvalue weighted by Crippen LogP contribution is 2.25. The number of aliphatic hydroxyl groups is 2. The van der Waals surface area contributed by atoms with Gasteiger partial charge in [0.05, 0.1) is 6.10 Å². The molecule has 2 atom stereocenters. The molecule has 2 nitrogen and oxygen atoms in total. The van der Waals surface area contributed by atoms with Crippen LogP contribution in [-0.4, -0.2) is 22.2 Å². The minimum atomic E-state index is -1.30. The Hall–Kier alpha value is -0.350. The molecule has 2 N–H and O–H groups in total. The molecule has 5 heteroatoms. The highest BCUT2D eigenvalue weighted by Gasteiger charge is 2.21. The Kier molecular flexibility index (Phi) is 4.80. The van der Waals surface area contributed by atoms with E-state index in [1.165, 1.54) is 12.1 Å². The summed E-state index contributed by atoms with van der Waals surface area (Å²) in [6.07, 6.45) is -2.20. The molecule has 0 spiro atoms. The van der Waals surface area contributed by atoms with Crippen molar-refractivity contribution in [2.75, 3.05) is 5.88 Å². The second kappa shape index (κ2) is 5.66. The summed E-state index contributed by atoms with van der Waals surface area (Å²) < 4.78 is 13.3. The highest BCUT2D eigenvalue weighted by atomic mass is 35.5. The van der Waals surface area contributed by atoms with Crippen molar-refractivity contribution < 1.29 is 14.6 Å². The fourth-order valence-corrected chi connectivity index (χ4v) is 1.62. The summed E-state index contributed by atoms with van der Waals surface area (Å²) in [5.74, 6) is -0.402. The lowest BCUT2D eigenvalue weighted by molar-refractivity contribution is 0.0149. The van der Waals surface area contributed by atoms with Crippen LogP contribution >= 0.6 is 23.2 Å². The van der Waals surface area contributed by atoms with Crippen molar-refractivity contribution in [1.29, 1.82) is 0 Å². The quantitative estimate of drug-likeness (QED) is 0.809. The lowest BCUT2D eigenvalue weighted by Gasteiger charge is -2.17. The maximum Gasteiger partial charge on any atom is 0.129 e. The highest BCUT2D eigenvalue weighted by molar-refractivity contribution is 6.30. The van der Waals surface area contributed by atoms with Gasteiger partial charge >= 0.3 is 0 Å². The lowest BCUT2D eigenvalue weighted by atomic mass is 10.0. The van der Waals surface area contributed by atoms with Gasteiger partial charge in [-0.05, 0) is 24.6 Å². The predicted octanol–water partition coefficient (Wildman–Crippen LogP) is 2.50. The number of aliphatic hydroxyl groups excluding tert-OH is 2. The fourth-order valence-electron chi connectivity index (χ4n) is 1.22. The number of hydrogen-bond acceptors (Lipinski definition) is 2. The van der Waals surface area contributed by atoms with E-state index in [9.17, 15) is 14.6 Å². The summed E-state index contributed by atoms with van der Waals surface area (Å²) in [6.45, 7) is 0. The van der Waals surface area contributed by atoms with Crippen LogP contribution in [0.25, 0.3) is 0 Å². The predicted molar refractivity (Wildman–Crippen MR) is 57.7 cm³/mol. The number of benzene rings is 1. The van der Waals surface area contributed by atoms with Crippen molar-refractivity contribution in [2.24, 2.45) is 0 Å². The van der Waals surface area contributed by atoms with E-state index in [-0.39, 0.29) is 17.9 Å². The Balaban J connectivity index is 2.89. The van der Waals surface area contributed by atoms with Crippen molar-refractivity contribution in [1.82, 2.24) is 0 Å². The first-order valence-electron chi connectivity index (χ1n) is 4.43. The van der Waals surface area contributed by atoms with E-state index in [2.05, 4.69) is 0 Å². The summed E-state index contributed by atoms with van der Waals surface area (Å²) >= 11 is 11.1. The van der Waals surface area contributed by atoms with Gasteiger partial charge in [-0.15, -0.1) is 11.6 Å². The minimum Gasteiger partial charge on any atom is -0.390 e. The van der Waals surface area contributed by atoms with Gasteiger partial charge in [-0.25, -0.2) is 4.39 Å². The monoisotopic (exact) mass is 252 g/mol. The Morgan fingerprint density at radius 2 is 2.00 bits per heavy atom. The molecule has 0 heterocycles. The zero-order chi connectivity index (χ0) is 11.4. The van der Waals surface area contributed by atoms with Gasteiger partial charge in [-0.2, -0.15) is 0 Å². The molecule has 15 heavy (non-hydrogen) atoms. The van der Waals surface area contributed by atoms with Gasteiger partial charge in [-0.1, -0.05) is 11.6 Å². The minimum absolute atomic E-state index is 0.0138. The van der Waals surface area contributed by atoms with Crippen LogP contribution in [0.1, 0.15) is 18.1 Å². The number of halogens is 3. The van der Waals surface area contributed by atoms with Crippen molar-refractivity contribution >= 4 is 23.2 Å². The first-order chi connectivity index (χ1) is 7.06. The molecule has 0 saturated heterocycles. The van der Waals surface area contributed by atoms with Gasteiger partial charge < -0.3 is 10.2 Å². The first-order valence-corrected chi connectivity index (χ1v) is 5.34. The van der Waals surface area contributed by atoms with Gasteiger partial charge in [-0.3, -0.25) is 0 Å². The maximum atomic E-state index is 13.3. The van der Waals surface area contributed by atoms with Crippen LogP contribution in [0.5, 0.6) is 0 Å². The Morgan fingerprint density at radius 3 is 2.60 bits per heavy atom. The normalized spacial score (nSPS) is 15.0. The second-order valence-electron chi connectivity index (χ2n) is 3.16. The molecule has 84 valence electrons. The average Bonchev–Trinajstić information content (AvgIpc) is 2.21. The molecule has 2 unspecified atom stereocenters. The molecular weight excluding hydrogens is 242 g/mol. The number of hydrogen-bond donors (Lipinski definition) is 2. The van der Waals surface area contributed by atoms with Gasteiger partial charge in [0, 0.05) is 16.5 Å². The van der Waals surface area contributed by atoms with E-state index < -0.39 is 18.0 Å². The third-order valence-corrected chi connectivity index (χ3v) is 2.50. The number of alkyl halides is 1. The molecular formula is C10H11Cl2FO2. The molecule has 0 aromatic heterocycles. The first kappa shape index (κ1) is 12.7. The van der Waals surface area contributed by atoms with Crippen molar-refractivity contribution in [3.8, 4) is 0 Å². The van der Waals surface area contributed by atoms with Crippen LogP contribution < -0.4 is 0 Å². The largest absolute Gasteiger partial charge is 0.390 e. The molecule has 0 fully saturated rings. The lowest BCUT2D eigenvalue weighted by Crippen LogP contribution is -2.19. The molecule has 0 aliphatic heterocycles. The van der Waals surface area contributed by atoms with Crippen molar-refractivity contribution in [2.45, 2.75) is 18.6 Å². The summed E-state index contributed by atoms with van der Waals surface area (Å²) in [5, 5.41) is 19.4. The summed E-state index contributed by atoms with van der Waals surface area (Å²) in [6, 6.07) is 3.81. The molecule has 0 saturated carbocycles. The third kappa shape index (κ3) is 3.31. The Labute approximate surface area is 97.3 Å². The van der Waals surface area contributed by atoms with E-state index >= 15 is 0 Å². The van der Waals surface area contributed by atoms with E-state index in [0.717, 1.165) is 6.07 Å². The van der Waals surface area contributed by atoms with Crippen molar-refractivity contribution in [3.05, 3.63) is 34.6 Å². The molecule has 0 aliphatic rings. The summed E-state index contributed by atoms with van der Waals surface area (Å²) in [4.78, 5) is 0. The summed E-state index contributed by atoms with van der Waals surface area (Å²) in [7, 11) is 0. The van der Waals surface area contributed by atoms with Gasteiger partial charge in [0.2, 0.25) is 0 Å². The van der Waals surface area contributed by atoms with Crippen molar-refractivity contribution in [3.63, 3.8) is 0 Å². The fraction of sp³-hybridized carbons (Fsp3) is 0.400. The van der Waals surface area contributed by atoms with Crippen LogP contribution in [0, 0.1) is 5.82 Å². The molecule has 0 aliphatic carbocycles. The molecule has 1 rings (SSSR count). The van der Waals surface area contributed by atoms with E-state index in [1.807, 2.05) is 0 Å². The Morgan fingerprint density at radius 1 is 1.33 bits per heavy atom. The molecule has 0 amide bonds. The second-order valence-corrected chi connectivity index (χ2v) is 3.97. The zero-order valence-electron chi connectivity index (χ0n) is 7.83. The zero-order valence-corrected chi connectivity index (χ0v) is 9.34. The van der Waals surface area contributed by atoms with Crippen LogP contribution in [0.3, 0.4) is 0 Å². The van der Waals surface area contributed by atoms with E-state index in [1.54, 1.807) is 0 Å². The topological polar surface area (TPSA) is 40.5 Å². The summed E-state index contributed by atoms with van der Waals surface area (Å²) in [5.41, 5.74) is -0.0138. The smallest absolute Gasteiger partial charge is 0.129 e. The van der Waals surface area contributed by atoms with Gasteiger partial charge in [0.25, 0.3) is 0 Å². The average molecular weight is 253 g/mol. The standard InChI is InChI=1S/C10H11Cl2FO2/c11-4-3-9(14)10(15)7-5-6(12)1-2-8(7)13/h1-2,5,9-10,14-15H,3-4H2. The maximum absolute atomic E-state index is 13.3. The third-order valence-electron chi connectivity index (χ3n) is 2.05. The van der Waals surface area contributed by atoms with Gasteiger partial charge in [0.1, 0.15) is 11.9 Å². The molecule has 1 aromatic rings. The van der Waals surface area contributed by atoms with Crippen LogP contribution in [-0.2, 0) is 0 Å². The Bertz CT molecular complexity index is 333. The van der Waals surface area contributed by atoms with E-state index in [4.69, 9.17) is 23.2 Å². The molecule has 0 radical (unpaired) electrons. The van der Waals surface area contributed by atoms with Crippen LogP contribution in [0.4, 0.5) is 4.39 Å². The van der Waals surface area contributed by atoms with Crippen LogP contribution in [0.15, 0.2) is 18.2 Å². The molecule has 1 aromatic carbocycles. The SMILES string of the molecule is OC(CCCl)C(O)c1cc(Cl)ccc1F. The van der Waals surface area contributed by atoms with Crippen LogP contribution in [0.2, 0.25) is 5.02 Å². The number of rotatable bonds is 4. The molecule has 0 bridgehead atoms. The van der Waals surface area contributed by atoms with Gasteiger partial charge in [0.15, 0.2) is 0 Å². The van der Waals surface area contributed by atoms with E-state index in [0.29, 0.717) is 5.02 Å².